The van der Waals surface area contributed by atoms with E-state index in [1.807, 2.05) is 0 Å². The zero-order valence-electron chi connectivity index (χ0n) is 15.1. The first kappa shape index (κ1) is 19.7. The summed E-state index contributed by atoms with van der Waals surface area (Å²) < 4.78 is 28.8. The van der Waals surface area contributed by atoms with Crippen molar-refractivity contribution in [3.05, 3.63) is 59.1 Å². The van der Waals surface area contributed by atoms with Crippen molar-refractivity contribution >= 4 is 40.1 Å². The molecule has 0 fully saturated rings. The minimum atomic E-state index is -1.06. The first-order chi connectivity index (χ1) is 13.4. The quantitative estimate of drug-likeness (QED) is 0.617. The highest BCUT2D eigenvalue weighted by Crippen LogP contribution is 2.26. The molecule has 1 amide bonds. The van der Waals surface area contributed by atoms with Gasteiger partial charge in [-0.05, 0) is 37.3 Å². The molecular formula is C20H17ClFNO5. The van der Waals surface area contributed by atoms with Gasteiger partial charge in [-0.3, -0.25) is 9.59 Å². The van der Waals surface area contributed by atoms with Gasteiger partial charge < -0.3 is 19.2 Å². The van der Waals surface area contributed by atoms with Gasteiger partial charge in [-0.25, -0.2) is 4.39 Å². The molecule has 0 saturated carbocycles. The maximum atomic E-state index is 13.1. The fourth-order valence-corrected chi connectivity index (χ4v) is 2.81. The lowest BCUT2D eigenvalue weighted by Crippen LogP contribution is -2.30. The highest BCUT2D eigenvalue weighted by molar-refractivity contribution is 6.33. The largest absolute Gasteiger partial charge is 0.497 e. The van der Waals surface area contributed by atoms with Crippen molar-refractivity contribution in [2.75, 3.05) is 12.4 Å². The number of rotatable bonds is 6. The molecule has 0 aliphatic rings. The van der Waals surface area contributed by atoms with E-state index in [0.29, 0.717) is 16.9 Å². The monoisotopic (exact) mass is 405 g/mol. The third-order valence-corrected chi connectivity index (χ3v) is 4.38. The van der Waals surface area contributed by atoms with E-state index < -0.39 is 23.8 Å². The Hall–Kier alpha value is -3.06. The molecule has 0 spiro atoms. The average molecular weight is 406 g/mol. The van der Waals surface area contributed by atoms with E-state index in [9.17, 15) is 14.0 Å². The second-order valence-corrected chi connectivity index (χ2v) is 6.45. The van der Waals surface area contributed by atoms with E-state index in [-0.39, 0.29) is 17.1 Å². The number of nitrogens with one attached hydrogen (secondary N) is 1. The van der Waals surface area contributed by atoms with Gasteiger partial charge in [-0.2, -0.15) is 0 Å². The number of benzene rings is 2. The maximum Gasteiger partial charge on any atom is 0.311 e. The van der Waals surface area contributed by atoms with Crippen LogP contribution in [0.15, 0.2) is 47.1 Å². The lowest BCUT2D eigenvalue weighted by Gasteiger charge is -2.14. The molecule has 1 N–H and O–H groups in total. The van der Waals surface area contributed by atoms with Crippen molar-refractivity contribution in [3.63, 3.8) is 0 Å². The molecular weight excluding hydrogens is 389 g/mol. The molecule has 1 heterocycles. The number of hydrogen-bond acceptors (Lipinski definition) is 5. The summed E-state index contributed by atoms with van der Waals surface area (Å²) in [6, 6.07) is 8.83. The summed E-state index contributed by atoms with van der Waals surface area (Å²) in [6.45, 7) is 1.43. The molecule has 6 nitrogen and oxygen atoms in total. The minimum Gasteiger partial charge on any atom is -0.497 e. The van der Waals surface area contributed by atoms with Crippen LogP contribution in [0.1, 0.15) is 12.5 Å². The molecule has 0 aliphatic heterocycles. The summed E-state index contributed by atoms with van der Waals surface area (Å²) in [6.07, 6.45) is 0.342. The van der Waals surface area contributed by atoms with Crippen molar-refractivity contribution < 1.29 is 27.9 Å². The van der Waals surface area contributed by atoms with Crippen LogP contribution in [0.3, 0.4) is 0 Å². The van der Waals surface area contributed by atoms with E-state index in [0.717, 1.165) is 17.5 Å². The van der Waals surface area contributed by atoms with Crippen LogP contribution in [0.4, 0.5) is 10.1 Å². The molecule has 3 aromatic rings. The predicted octanol–water partition coefficient (Wildman–Crippen LogP) is 4.35. The number of fused-ring (bicyclic) bond motifs is 1. The molecule has 1 aromatic heterocycles. The third-order valence-electron chi connectivity index (χ3n) is 4.06. The Morgan fingerprint density at radius 1 is 1.25 bits per heavy atom. The number of carbonyl (C=O) groups is 2. The first-order valence-electron chi connectivity index (χ1n) is 8.37. The fraction of sp³-hybridized carbons (Fsp3) is 0.200. The SMILES string of the molecule is COc1ccc2c(CC(=O)O[C@H](C)C(=O)Nc3ccc(F)cc3Cl)coc2c1. The van der Waals surface area contributed by atoms with Gasteiger partial charge in [0.05, 0.1) is 30.5 Å². The standard InChI is InChI=1S/C20H17ClFNO5/c1-11(20(25)23-17-6-3-13(22)8-16(17)21)28-19(24)7-12-10-27-18-9-14(26-2)4-5-15(12)18/h3-6,8-11H,7H2,1-2H3,(H,23,25)/t11-/m1/s1. The molecule has 3 rings (SSSR count). The second-order valence-electron chi connectivity index (χ2n) is 6.05. The van der Waals surface area contributed by atoms with Gasteiger partial charge >= 0.3 is 5.97 Å². The number of hydrogen-bond donors (Lipinski definition) is 1. The van der Waals surface area contributed by atoms with Crippen LogP contribution in [0.25, 0.3) is 11.0 Å². The summed E-state index contributed by atoms with van der Waals surface area (Å²) in [7, 11) is 1.55. The molecule has 0 unspecified atom stereocenters. The topological polar surface area (TPSA) is 77.8 Å². The van der Waals surface area contributed by atoms with Crippen molar-refractivity contribution in [1.82, 2.24) is 0 Å². The number of carbonyl (C=O) groups excluding carboxylic acids is 2. The van der Waals surface area contributed by atoms with Crippen LogP contribution < -0.4 is 10.1 Å². The highest BCUT2D eigenvalue weighted by atomic mass is 35.5. The smallest absolute Gasteiger partial charge is 0.311 e. The maximum absolute atomic E-state index is 13.1. The Labute approximate surface area is 165 Å². The summed E-state index contributed by atoms with van der Waals surface area (Å²) in [5.74, 6) is -1.05. The zero-order chi connectivity index (χ0) is 20.3. The normalized spacial score (nSPS) is 11.9. The highest BCUT2D eigenvalue weighted by Gasteiger charge is 2.20. The first-order valence-corrected chi connectivity index (χ1v) is 8.74. The number of halogens is 2. The average Bonchev–Trinajstić information content (AvgIpc) is 3.05. The van der Waals surface area contributed by atoms with E-state index in [2.05, 4.69) is 5.32 Å². The molecule has 8 heteroatoms. The molecule has 0 aliphatic carbocycles. The number of furan rings is 1. The Bertz CT molecular complexity index is 1030. The molecule has 0 radical (unpaired) electrons. The van der Waals surface area contributed by atoms with Crippen molar-refractivity contribution in [2.24, 2.45) is 0 Å². The molecule has 2 aromatic carbocycles. The van der Waals surface area contributed by atoms with E-state index in [4.69, 9.17) is 25.5 Å². The molecule has 146 valence electrons. The number of ether oxygens (including phenoxy) is 2. The summed E-state index contributed by atoms with van der Waals surface area (Å²) >= 11 is 5.87. The number of esters is 1. The van der Waals surface area contributed by atoms with Gasteiger partial charge in [0.25, 0.3) is 5.91 Å². The van der Waals surface area contributed by atoms with E-state index >= 15 is 0 Å². The van der Waals surface area contributed by atoms with Gasteiger partial charge in [-0.15, -0.1) is 0 Å². The minimum absolute atomic E-state index is 0.0483. The van der Waals surface area contributed by atoms with E-state index in [1.165, 1.54) is 19.3 Å². The number of amides is 1. The van der Waals surface area contributed by atoms with Crippen molar-refractivity contribution in [1.29, 1.82) is 0 Å². The lowest BCUT2D eigenvalue weighted by molar-refractivity contribution is -0.152. The number of anilines is 1. The van der Waals surface area contributed by atoms with Gasteiger partial charge in [0.2, 0.25) is 0 Å². The van der Waals surface area contributed by atoms with Crippen molar-refractivity contribution in [3.8, 4) is 5.75 Å². The molecule has 0 saturated heterocycles. The third kappa shape index (κ3) is 4.43. The Kier molecular flexibility index (Phi) is 5.84. The number of methoxy groups -OCH3 is 1. The van der Waals surface area contributed by atoms with Crippen LogP contribution >= 0.6 is 11.6 Å². The summed E-state index contributed by atoms with van der Waals surface area (Å²) in [5, 5.41) is 3.30. The van der Waals surface area contributed by atoms with E-state index in [1.54, 1.807) is 25.3 Å². The van der Waals surface area contributed by atoms with Crippen LogP contribution in [0, 0.1) is 5.82 Å². The van der Waals surface area contributed by atoms with Crippen LogP contribution in [-0.4, -0.2) is 25.1 Å². The summed E-state index contributed by atoms with van der Waals surface area (Å²) in [5.41, 5.74) is 1.45. The van der Waals surface area contributed by atoms with Crippen molar-refractivity contribution in [2.45, 2.75) is 19.4 Å². The zero-order valence-corrected chi connectivity index (χ0v) is 15.9. The van der Waals surface area contributed by atoms with Crippen LogP contribution in [0.2, 0.25) is 5.02 Å². The predicted molar refractivity (Wildman–Crippen MR) is 102 cm³/mol. The second kappa shape index (κ2) is 8.31. The Morgan fingerprint density at radius 2 is 2.04 bits per heavy atom. The van der Waals surface area contributed by atoms with Crippen LogP contribution in [-0.2, 0) is 20.7 Å². The Balaban J connectivity index is 1.61. The molecule has 1 atom stereocenters. The fourth-order valence-electron chi connectivity index (χ4n) is 2.60. The molecule has 28 heavy (non-hydrogen) atoms. The van der Waals surface area contributed by atoms with Gasteiger partial charge in [0.1, 0.15) is 17.1 Å². The van der Waals surface area contributed by atoms with Gasteiger partial charge in [-0.1, -0.05) is 11.6 Å². The lowest BCUT2D eigenvalue weighted by atomic mass is 10.1. The molecule has 0 bridgehead atoms. The Morgan fingerprint density at radius 3 is 2.75 bits per heavy atom. The summed E-state index contributed by atoms with van der Waals surface area (Å²) in [4.78, 5) is 24.4. The van der Waals surface area contributed by atoms with Gasteiger partial charge in [0.15, 0.2) is 6.10 Å². The van der Waals surface area contributed by atoms with Crippen LogP contribution in [0.5, 0.6) is 5.75 Å². The van der Waals surface area contributed by atoms with Gasteiger partial charge in [0, 0.05) is 17.0 Å².